The van der Waals surface area contributed by atoms with Crippen LogP contribution in [0, 0.1) is 0 Å². The molecule has 0 radical (unpaired) electrons. The zero-order valence-electron chi connectivity index (χ0n) is 9.33. The highest BCUT2D eigenvalue weighted by molar-refractivity contribution is 5.65. The van der Waals surface area contributed by atoms with Crippen molar-refractivity contribution in [2.75, 3.05) is 52.5 Å². The Labute approximate surface area is 90.7 Å². The first-order valence-electron chi connectivity index (χ1n) is 5.43. The lowest BCUT2D eigenvalue weighted by molar-refractivity contribution is -0.142. The van der Waals surface area contributed by atoms with Crippen LogP contribution in [0.2, 0.25) is 0 Å². The summed E-state index contributed by atoms with van der Waals surface area (Å²) in [5.74, 6) is -0.249. The fourth-order valence-corrected chi connectivity index (χ4v) is 1.47. The second-order valence-electron chi connectivity index (χ2n) is 3.54. The van der Waals surface area contributed by atoms with E-state index in [2.05, 4.69) is 10.2 Å². The van der Waals surface area contributed by atoms with Crippen LogP contribution in [-0.4, -0.2) is 63.4 Å². The van der Waals surface area contributed by atoms with E-state index in [1.807, 2.05) is 0 Å². The average molecular weight is 216 g/mol. The highest BCUT2D eigenvalue weighted by Gasteiger charge is 2.08. The van der Waals surface area contributed by atoms with Crippen molar-refractivity contribution in [2.24, 2.45) is 0 Å². The summed E-state index contributed by atoms with van der Waals surface area (Å²) < 4.78 is 10.1. The first-order valence-corrected chi connectivity index (χ1v) is 5.43. The first-order chi connectivity index (χ1) is 7.29. The molecule has 0 bridgehead atoms. The van der Waals surface area contributed by atoms with Crippen LogP contribution in [-0.2, 0) is 14.3 Å². The summed E-state index contributed by atoms with van der Waals surface area (Å²) in [7, 11) is 0. The van der Waals surface area contributed by atoms with E-state index in [0.29, 0.717) is 19.8 Å². The lowest BCUT2D eigenvalue weighted by atomic mass is 10.4. The molecule has 0 saturated carbocycles. The number of ether oxygens (including phenoxy) is 2. The van der Waals surface area contributed by atoms with Gasteiger partial charge in [-0.25, -0.2) is 0 Å². The Morgan fingerprint density at radius 1 is 1.27 bits per heavy atom. The van der Waals surface area contributed by atoms with Gasteiger partial charge in [0.05, 0.1) is 13.2 Å². The van der Waals surface area contributed by atoms with E-state index in [1.54, 1.807) is 0 Å². The Morgan fingerprint density at radius 3 is 2.67 bits per heavy atom. The molecule has 15 heavy (non-hydrogen) atoms. The zero-order chi connectivity index (χ0) is 10.9. The van der Waals surface area contributed by atoms with Gasteiger partial charge >= 0.3 is 5.97 Å². The molecule has 0 aliphatic carbocycles. The molecule has 1 heterocycles. The van der Waals surface area contributed by atoms with Crippen LogP contribution in [0.4, 0.5) is 0 Å². The van der Waals surface area contributed by atoms with Crippen LogP contribution in [0.3, 0.4) is 0 Å². The molecule has 5 heteroatoms. The molecule has 1 aliphatic rings. The van der Waals surface area contributed by atoms with Crippen LogP contribution in [0.25, 0.3) is 0 Å². The molecular weight excluding hydrogens is 196 g/mol. The predicted octanol–water partition coefficient (Wildman–Crippen LogP) is -0.529. The third kappa shape index (κ3) is 6.43. The van der Waals surface area contributed by atoms with Gasteiger partial charge in [0.15, 0.2) is 0 Å². The number of piperazine rings is 1. The van der Waals surface area contributed by atoms with Crippen molar-refractivity contribution in [3.8, 4) is 0 Å². The molecule has 0 aromatic rings. The van der Waals surface area contributed by atoms with Crippen LogP contribution in [0.15, 0.2) is 0 Å². The van der Waals surface area contributed by atoms with Gasteiger partial charge in [-0.3, -0.25) is 9.69 Å². The van der Waals surface area contributed by atoms with E-state index in [0.717, 1.165) is 32.7 Å². The summed E-state index contributed by atoms with van der Waals surface area (Å²) in [5.41, 5.74) is 0. The Hall–Kier alpha value is -0.650. The maximum absolute atomic E-state index is 10.4. The molecule has 0 atom stereocenters. The van der Waals surface area contributed by atoms with E-state index in [-0.39, 0.29) is 5.97 Å². The Kier molecular flexibility index (Phi) is 6.31. The van der Waals surface area contributed by atoms with Crippen LogP contribution in [0.1, 0.15) is 6.92 Å². The van der Waals surface area contributed by atoms with Crippen LogP contribution in [0.5, 0.6) is 0 Å². The summed E-state index contributed by atoms with van der Waals surface area (Å²) in [6.07, 6.45) is 0. The van der Waals surface area contributed by atoms with Crippen molar-refractivity contribution >= 4 is 5.97 Å². The summed E-state index contributed by atoms with van der Waals surface area (Å²) in [4.78, 5) is 12.8. The van der Waals surface area contributed by atoms with E-state index in [4.69, 9.17) is 9.47 Å². The van der Waals surface area contributed by atoms with Gasteiger partial charge in [-0.05, 0) is 0 Å². The van der Waals surface area contributed by atoms with Gasteiger partial charge in [0.1, 0.15) is 6.61 Å². The van der Waals surface area contributed by atoms with Crippen LogP contribution >= 0.6 is 0 Å². The maximum Gasteiger partial charge on any atom is 0.302 e. The molecule has 1 aliphatic heterocycles. The third-order valence-electron chi connectivity index (χ3n) is 2.29. The fraction of sp³-hybridized carbons (Fsp3) is 0.900. The molecule has 1 rings (SSSR count). The van der Waals surface area contributed by atoms with Crippen molar-refractivity contribution in [1.82, 2.24) is 10.2 Å². The zero-order valence-corrected chi connectivity index (χ0v) is 9.33. The number of hydrogen-bond acceptors (Lipinski definition) is 5. The SMILES string of the molecule is CC(=O)OCCOCCN1CCNCC1. The Morgan fingerprint density at radius 2 is 2.00 bits per heavy atom. The Bertz CT molecular complexity index is 182. The molecule has 88 valence electrons. The van der Waals surface area contributed by atoms with Crippen LogP contribution < -0.4 is 5.32 Å². The smallest absolute Gasteiger partial charge is 0.302 e. The number of rotatable bonds is 6. The van der Waals surface area contributed by atoms with Crippen molar-refractivity contribution in [3.05, 3.63) is 0 Å². The topological polar surface area (TPSA) is 50.8 Å². The number of carbonyl (C=O) groups is 1. The molecular formula is C10H20N2O3. The molecule has 0 amide bonds. The third-order valence-corrected chi connectivity index (χ3v) is 2.29. The van der Waals surface area contributed by atoms with Gasteiger partial charge in [0.25, 0.3) is 0 Å². The molecule has 1 N–H and O–H groups in total. The standard InChI is InChI=1S/C10H20N2O3/c1-10(13)15-9-8-14-7-6-12-4-2-11-3-5-12/h11H,2-9H2,1H3. The Balaban J connectivity index is 1.85. The minimum Gasteiger partial charge on any atom is -0.463 e. The number of nitrogens with zero attached hydrogens (tertiary/aromatic N) is 1. The quantitative estimate of drug-likeness (QED) is 0.478. The molecule has 0 spiro atoms. The van der Waals surface area contributed by atoms with Gasteiger partial charge in [0.2, 0.25) is 0 Å². The monoisotopic (exact) mass is 216 g/mol. The maximum atomic E-state index is 10.4. The van der Waals surface area contributed by atoms with Crippen molar-refractivity contribution in [3.63, 3.8) is 0 Å². The van der Waals surface area contributed by atoms with E-state index >= 15 is 0 Å². The minimum atomic E-state index is -0.249. The van der Waals surface area contributed by atoms with E-state index in [9.17, 15) is 4.79 Å². The van der Waals surface area contributed by atoms with Gasteiger partial charge in [-0.2, -0.15) is 0 Å². The summed E-state index contributed by atoms with van der Waals surface area (Å²) in [5, 5.41) is 3.30. The van der Waals surface area contributed by atoms with E-state index in [1.165, 1.54) is 6.92 Å². The average Bonchev–Trinajstić information content (AvgIpc) is 2.24. The lowest BCUT2D eigenvalue weighted by Crippen LogP contribution is -2.44. The van der Waals surface area contributed by atoms with Crippen molar-refractivity contribution in [2.45, 2.75) is 6.92 Å². The largest absolute Gasteiger partial charge is 0.463 e. The van der Waals surface area contributed by atoms with Crippen molar-refractivity contribution < 1.29 is 14.3 Å². The van der Waals surface area contributed by atoms with Gasteiger partial charge in [0, 0.05) is 39.6 Å². The van der Waals surface area contributed by atoms with Gasteiger partial charge in [-0.1, -0.05) is 0 Å². The highest BCUT2D eigenvalue weighted by atomic mass is 16.6. The second-order valence-corrected chi connectivity index (χ2v) is 3.54. The summed E-state index contributed by atoms with van der Waals surface area (Å²) in [6.45, 7) is 8.23. The van der Waals surface area contributed by atoms with E-state index < -0.39 is 0 Å². The predicted molar refractivity (Wildman–Crippen MR) is 56.8 cm³/mol. The molecule has 0 aromatic carbocycles. The number of esters is 1. The molecule has 5 nitrogen and oxygen atoms in total. The minimum absolute atomic E-state index is 0.249. The lowest BCUT2D eigenvalue weighted by Gasteiger charge is -2.26. The summed E-state index contributed by atoms with van der Waals surface area (Å²) >= 11 is 0. The molecule has 0 unspecified atom stereocenters. The first kappa shape index (κ1) is 12.4. The molecule has 0 aromatic heterocycles. The number of carbonyl (C=O) groups excluding carboxylic acids is 1. The fourth-order valence-electron chi connectivity index (χ4n) is 1.47. The normalized spacial score (nSPS) is 17.7. The van der Waals surface area contributed by atoms with Crippen molar-refractivity contribution in [1.29, 1.82) is 0 Å². The highest BCUT2D eigenvalue weighted by Crippen LogP contribution is 1.91. The molecule has 1 fully saturated rings. The molecule has 1 saturated heterocycles. The van der Waals surface area contributed by atoms with Gasteiger partial charge in [-0.15, -0.1) is 0 Å². The van der Waals surface area contributed by atoms with Gasteiger partial charge < -0.3 is 14.8 Å². The number of hydrogen-bond donors (Lipinski definition) is 1. The number of nitrogens with one attached hydrogen (secondary N) is 1. The second kappa shape index (κ2) is 7.62. The summed E-state index contributed by atoms with van der Waals surface area (Å²) in [6, 6.07) is 0.